The summed E-state index contributed by atoms with van der Waals surface area (Å²) in [4.78, 5) is 0. The van der Waals surface area contributed by atoms with E-state index in [1.807, 2.05) is 60.7 Å². The third kappa shape index (κ3) is 4.86. The minimum atomic E-state index is 0.287. The number of allylic oxidation sites excluding steroid dienone is 1. The highest BCUT2D eigenvalue weighted by Gasteiger charge is 2.09. The molecule has 0 N–H and O–H groups in total. The normalized spacial score (nSPS) is 11.0. The second-order valence-electron chi connectivity index (χ2n) is 5.97. The number of halogens is 2. The monoisotopic (exact) mass is 409 g/mol. The molecular weight excluding hydrogens is 393 g/mol. The van der Waals surface area contributed by atoms with E-state index in [1.54, 1.807) is 19.2 Å². The molecule has 0 unspecified atom stereocenters. The van der Waals surface area contributed by atoms with Crippen LogP contribution in [0.25, 0.3) is 11.6 Å². The number of hydrogen-bond acceptors (Lipinski definition) is 3. The summed E-state index contributed by atoms with van der Waals surface area (Å²) in [7, 11) is 1.58. The molecule has 0 radical (unpaired) electrons. The number of benzene rings is 3. The van der Waals surface area contributed by atoms with Crippen molar-refractivity contribution in [3.8, 4) is 17.6 Å². The number of nitrogens with zero attached hydrogens (tertiary/aromatic N) is 1. The van der Waals surface area contributed by atoms with E-state index in [0.29, 0.717) is 27.1 Å². The van der Waals surface area contributed by atoms with Crippen molar-refractivity contribution in [2.75, 3.05) is 7.11 Å². The molecule has 28 heavy (non-hydrogen) atoms. The van der Waals surface area contributed by atoms with E-state index < -0.39 is 0 Å². The second-order valence-corrected chi connectivity index (χ2v) is 6.81. The van der Waals surface area contributed by atoms with E-state index in [1.165, 1.54) is 0 Å². The first kappa shape index (κ1) is 19.8. The first-order valence-corrected chi connectivity index (χ1v) is 9.28. The molecule has 0 fully saturated rings. The van der Waals surface area contributed by atoms with Crippen molar-refractivity contribution >= 4 is 34.9 Å². The van der Waals surface area contributed by atoms with Crippen molar-refractivity contribution in [2.45, 2.75) is 6.61 Å². The Morgan fingerprint density at radius 1 is 1.00 bits per heavy atom. The van der Waals surface area contributed by atoms with Gasteiger partial charge in [-0.25, -0.2) is 0 Å². The molecular formula is C23H17Cl2NO2. The van der Waals surface area contributed by atoms with Crippen molar-refractivity contribution in [3.05, 3.63) is 93.5 Å². The Morgan fingerprint density at radius 2 is 1.79 bits per heavy atom. The smallest absolute Gasteiger partial charge is 0.161 e. The van der Waals surface area contributed by atoms with Crippen LogP contribution >= 0.6 is 23.2 Å². The van der Waals surface area contributed by atoms with Gasteiger partial charge in [0.05, 0.1) is 18.8 Å². The van der Waals surface area contributed by atoms with Crippen LogP contribution < -0.4 is 9.47 Å². The Hall–Kier alpha value is -2.93. The minimum Gasteiger partial charge on any atom is -0.493 e. The van der Waals surface area contributed by atoms with E-state index in [-0.39, 0.29) is 6.61 Å². The SMILES string of the molecule is COc1cc(C=C(C#N)c2ccccc2)ccc1OCc1ccc(Cl)cc1Cl. The average molecular weight is 410 g/mol. The van der Waals surface area contributed by atoms with E-state index in [9.17, 15) is 5.26 Å². The number of ether oxygens (including phenoxy) is 2. The molecule has 0 spiro atoms. The lowest BCUT2D eigenvalue weighted by Gasteiger charge is -2.12. The average Bonchev–Trinajstić information content (AvgIpc) is 2.72. The van der Waals surface area contributed by atoms with Crippen LogP contribution in [-0.2, 0) is 6.61 Å². The van der Waals surface area contributed by atoms with Gasteiger partial charge in [-0.05, 0) is 41.5 Å². The Bertz CT molecular complexity index is 1040. The van der Waals surface area contributed by atoms with Crippen LogP contribution in [0.4, 0.5) is 0 Å². The van der Waals surface area contributed by atoms with Gasteiger partial charge in [0.2, 0.25) is 0 Å². The Morgan fingerprint density at radius 3 is 2.46 bits per heavy atom. The molecule has 0 saturated carbocycles. The maximum atomic E-state index is 9.48. The van der Waals surface area contributed by atoms with Crippen LogP contribution in [0.5, 0.6) is 11.5 Å². The quantitative estimate of drug-likeness (QED) is 0.338. The molecule has 5 heteroatoms. The van der Waals surface area contributed by atoms with Crippen LogP contribution in [0.2, 0.25) is 10.0 Å². The van der Waals surface area contributed by atoms with Gasteiger partial charge in [0.1, 0.15) is 6.61 Å². The summed E-state index contributed by atoms with van der Waals surface area (Å²) in [5.74, 6) is 1.16. The van der Waals surface area contributed by atoms with Gasteiger partial charge in [0.15, 0.2) is 11.5 Å². The molecule has 0 aliphatic carbocycles. The van der Waals surface area contributed by atoms with E-state index >= 15 is 0 Å². The number of rotatable bonds is 6. The molecule has 140 valence electrons. The molecule has 3 aromatic rings. The molecule has 3 rings (SSSR count). The van der Waals surface area contributed by atoms with Crippen molar-refractivity contribution in [3.63, 3.8) is 0 Å². The molecule has 0 amide bonds. The summed E-state index contributed by atoms with van der Waals surface area (Å²) < 4.78 is 11.3. The van der Waals surface area contributed by atoms with Gasteiger partial charge < -0.3 is 9.47 Å². The Balaban J connectivity index is 1.82. The zero-order valence-electron chi connectivity index (χ0n) is 15.2. The van der Waals surface area contributed by atoms with Gasteiger partial charge >= 0.3 is 0 Å². The standard InChI is InChI=1S/C23H17Cl2NO2/c1-27-23-12-16(11-19(14-26)17-5-3-2-4-6-17)7-10-22(23)28-15-18-8-9-20(24)13-21(18)25/h2-13H,15H2,1H3. The minimum absolute atomic E-state index is 0.287. The van der Waals surface area contributed by atoms with Gasteiger partial charge in [-0.15, -0.1) is 0 Å². The molecule has 0 atom stereocenters. The van der Waals surface area contributed by atoms with Crippen LogP contribution in [-0.4, -0.2) is 7.11 Å². The predicted octanol–water partition coefficient (Wildman–Crippen LogP) is 6.65. The van der Waals surface area contributed by atoms with Crippen LogP contribution in [0, 0.1) is 11.3 Å². The third-order valence-corrected chi connectivity index (χ3v) is 4.69. The zero-order valence-corrected chi connectivity index (χ0v) is 16.7. The highest BCUT2D eigenvalue weighted by atomic mass is 35.5. The van der Waals surface area contributed by atoms with E-state index in [2.05, 4.69) is 6.07 Å². The van der Waals surface area contributed by atoms with Crippen LogP contribution in [0.3, 0.4) is 0 Å². The van der Waals surface area contributed by atoms with Gasteiger partial charge in [0, 0.05) is 15.6 Å². The van der Waals surface area contributed by atoms with Gasteiger partial charge in [-0.2, -0.15) is 5.26 Å². The fourth-order valence-corrected chi connectivity index (χ4v) is 3.12. The highest BCUT2D eigenvalue weighted by Crippen LogP contribution is 2.31. The number of nitriles is 1. The fraction of sp³-hybridized carbons (Fsp3) is 0.0870. The highest BCUT2D eigenvalue weighted by molar-refractivity contribution is 6.35. The topological polar surface area (TPSA) is 42.2 Å². The Labute approximate surface area is 174 Å². The summed E-state index contributed by atoms with van der Waals surface area (Å²) in [5.41, 5.74) is 3.10. The van der Waals surface area contributed by atoms with Crippen molar-refractivity contribution < 1.29 is 9.47 Å². The first-order valence-electron chi connectivity index (χ1n) is 8.52. The lowest BCUT2D eigenvalue weighted by molar-refractivity contribution is 0.284. The number of methoxy groups -OCH3 is 1. The first-order chi connectivity index (χ1) is 13.6. The third-order valence-electron chi connectivity index (χ3n) is 4.10. The maximum Gasteiger partial charge on any atom is 0.161 e. The molecule has 0 bridgehead atoms. The zero-order chi connectivity index (χ0) is 19.9. The van der Waals surface area contributed by atoms with Gasteiger partial charge in [-0.1, -0.05) is 65.7 Å². The maximum absolute atomic E-state index is 9.48. The fourth-order valence-electron chi connectivity index (χ4n) is 2.65. The van der Waals surface area contributed by atoms with Crippen LogP contribution in [0.15, 0.2) is 66.7 Å². The molecule has 0 aliphatic rings. The number of hydrogen-bond donors (Lipinski definition) is 0. The summed E-state index contributed by atoms with van der Waals surface area (Å²) >= 11 is 12.1. The predicted molar refractivity (Wildman–Crippen MR) is 114 cm³/mol. The second kappa shape index (κ2) is 9.32. The molecule has 3 nitrogen and oxygen atoms in total. The summed E-state index contributed by atoms with van der Waals surface area (Å²) in [6, 6.07) is 22.6. The lowest BCUT2D eigenvalue weighted by atomic mass is 10.0. The van der Waals surface area contributed by atoms with Gasteiger partial charge in [-0.3, -0.25) is 0 Å². The summed E-state index contributed by atoms with van der Waals surface area (Å²) in [6.07, 6.45) is 1.82. The van der Waals surface area contributed by atoms with E-state index in [0.717, 1.165) is 16.7 Å². The molecule has 0 heterocycles. The van der Waals surface area contributed by atoms with Crippen molar-refractivity contribution in [1.29, 1.82) is 5.26 Å². The molecule has 0 aromatic heterocycles. The Kier molecular flexibility index (Phi) is 6.60. The lowest BCUT2D eigenvalue weighted by Crippen LogP contribution is -1.98. The van der Waals surface area contributed by atoms with Gasteiger partial charge in [0.25, 0.3) is 0 Å². The van der Waals surface area contributed by atoms with Crippen molar-refractivity contribution in [2.24, 2.45) is 0 Å². The van der Waals surface area contributed by atoms with Crippen LogP contribution in [0.1, 0.15) is 16.7 Å². The molecule has 0 aliphatic heterocycles. The molecule has 0 saturated heterocycles. The van der Waals surface area contributed by atoms with Crippen molar-refractivity contribution in [1.82, 2.24) is 0 Å². The summed E-state index contributed by atoms with van der Waals surface area (Å²) in [6.45, 7) is 0.287. The largest absolute Gasteiger partial charge is 0.493 e. The summed E-state index contributed by atoms with van der Waals surface area (Å²) in [5, 5.41) is 10.6. The van der Waals surface area contributed by atoms with E-state index in [4.69, 9.17) is 32.7 Å². The molecule has 3 aromatic carbocycles.